The second-order valence-corrected chi connectivity index (χ2v) is 9.40. The third-order valence-corrected chi connectivity index (χ3v) is 6.76. The second-order valence-electron chi connectivity index (χ2n) is 7.06. The number of carbonyl (C=O) groups is 1. The molecule has 3 rings (SSSR count). The summed E-state index contributed by atoms with van der Waals surface area (Å²) in [4.78, 5) is 12.4. The quantitative estimate of drug-likeness (QED) is 0.410. The van der Waals surface area contributed by atoms with Gasteiger partial charge in [0.05, 0.1) is 28.8 Å². The van der Waals surface area contributed by atoms with Crippen LogP contribution in [0.4, 0.5) is 18.9 Å². The molecule has 0 unspecified atom stereocenters. The van der Waals surface area contributed by atoms with Gasteiger partial charge in [-0.05, 0) is 42.8 Å². The minimum absolute atomic E-state index is 0.0656. The lowest BCUT2D eigenvalue weighted by Gasteiger charge is -2.22. The van der Waals surface area contributed by atoms with E-state index in [0.29, 0.717) is 24.0 Å². The number of nitrogens with zero attached hydrogens (tertiary/aromatic N) is 1. The van der Waals surface area contributed by atoms with Gasteiger partial charge in [-0.2, -0.15) is 4.31 Å². The number of hydrogen-bond acceptors (Lipinski definition) is 4. The number of rotatable bonds is 9. The lowest BCUT2D eigenvalue weighted by atomic mass is 10.2. The lowest BCUT2D eigenvalue weighted by Crippen LogP contribution is -2.37. The van der Waals surface area contributed by atoms with Gasteiger partial charge >= 0.3 is 0 Å². The molecule has 34 heavy (non-hydrogen) atoms. The molecule has 0 spiro atoms. The van der Waals surface area contributed by atoms with Crippen LogP contribution in [0.15, 0.2) is 65.6 Å². The van der Waals surface area contributed by atoms with Crippen LogP contribution >= 0.6 is 11.6 Å². The molecule has 0 heterocycles. The van der Waals surface area contributed by atoms with Gasteiger partial charge in [-0.3, -0.25) is 4.79 Å². The predicted molar refractivity (Wildman–Crippen MR) is 122 cm³/mol. The van der Waals surface area contributed by atoms with Gasteiger partial charge in [0.15, 0.2) is 17.5 Å². The highest BCUT2D eigenvalue weighted by atomic mass is 35.5. The number of anilines is 1. The van der Waals surface area contributed by atoms with Gasteiger partial charge in [-0.1, -0.05) is 41.9 Å². The molecule has 0 bridgehead atoms. The fraction of sp³-hybridized carbons (Fsp3) is 0.174. The van der Waals surface area contributed by atoms with E-state index in [0.717, 1.165) is 10.4 Å². The SMILES string of the molecule is CCOc1ccc(S(=O)(=O)N(CC(=O)Nc2ccc(F)c(F)c2F)Cc2ccccc2)cc1Cl. The minimum atomic E-state index is -4.26. The summed E-state index contributed by atoms with van der Waals surface area (Å²) >= 11 is 6.14. The maximum Gasteiger partial charge on any atom is 0.243 e. The third kappa shape index (κ3) is 5.88. The highest BCUT2D eigenvalue weighted by molar-refractivity contribution is 7.89. The van der Waals surface area contributed by atoms with Gasteiger partial charge in [0, 0.05) is 6.54 Å². The average Bonchev–Trinajstić information content (AvgIpc) is 2.81. The van der Waals surface area contributed by atoms with Crippen molar-refractivity contribution in [2.24, 2.45) is 0 Å². The van der Waals surface area contributed by atoms with E-state index in [1.54, 1.807) is 37.3 Å². The van der Waals surface area contributed by atoms with Crippen LogP contribution in [0, 0.1) is 17.5 Å². The summed E-state index contributed by atoms with van der Waals surface area (Å²) in [5.41, 5.74) is -0.0417. The smallest absolute Gasteiger partial charge is 0.243 e. The fourth-order valence-electron chi connectivity index (χ4n) is 3.05. The molecular weight excluding hydrogens is 493 g/mol. The van der Waals surface area contributed by atoms with E-state index in [1.165, 1.54) is 18.2 Å². The highest BCUT2D eigenvalue weighted by Crippen LogP contribution is 2.29. The summed E-state index contributed by atoms with van der Waals surface area (Å²) in [6.07, 6.45) is 0. The minimum Gasteiger partial charge on any atom is -0.492 e. The molecule has 0 saturated heterocycles. The molecule has 0 fully saturated rings. The van der Waals surface area contributed by atoms with Crippen molar-refractivity contribution in [3.05, 3.63) is 88.7 Å². The van der Waals surface area contributed by atoms with Crippen LogP contribution in [0.3, 0.4) is 0 Å². The molecular formula is C23H20ClF3N2O4S. The Hall–Kier alpha value is -3.08. The van der Waals surface area contributed by atoms with E-state index in [9.17, 15) is 26.4 Å². The van der Waals surface area contributed by atoms with Gasteiger partial charge in [0.2, 0.25) is 15.9 Å². The summed E-state index contributed by atoms with van der Waals surface area (Å²) in [5.74, 6) is -5.43. The van der Waals surface area contributed by atoms with E-state index in [1.807, 2.05) is 0 Å². The Labute approximate surface area is 200 Å². The van der Waals surface area contributed by atoms with Crippen molar-refractivity contribution in [1.29, 1.82) is 0 Å². The number of sulfonamides is 1. The monoisotopic (exact) mass is 512 g/mol. The molecule has 1 N–H and O–H groups in total. The normalized spacial score (nSPS) is 11.5. The van der Waals surface area contributed by atoms with Crippen molar-refractivity contribution in [2.75, 3.05) is 18.5 Å². The molecule has 6 nitrogen and oxygen atoms in total. The maximum absolute atomic E-state index is 14.0. The topological polar surface area (TPSA) is 75.7 Å². The first-order valence-electron chi connectivity index (χ1n) is 10.0. The number of ether oxygens (including phenoxy) is 1. The molecule has 3 aromatic rings. The number of carbonyl (C=O) groups excluding carboxylic acids is 1. The zero-order valence-electron chi connectivity index (χ0n) is 17.9. The predicted octanol–water partition coefficient (Wildman–Crippen LogP) is 4.99. The van der Waals surface area contributed by atoms with E-state index in [2.05, 4.69) is 5.32 Å². The van der Waals surface area contributed by atoms with Gasteiger partial charge < -0.3 is 10.1 Å². The summed E-state index contributed by atoms with van der Waals surface area (Å²) in [6.45, 7) is 1.14. The van der Waals surface area contributed by atoms with Crippen molar-refractivity contribution < 1.29 is 31.1 Å². The summed E-state index contributed by atoms with van der Waals surface area (Å²) < 4.78 is 73.6. The van der Waals surface area contributed by atoms with Crippen LogP contribution in [-0.2, 0) is 21.4 Å². The van der Waals surface area contributed by atoms with Crippen molar-refractivity contribution in [2.45, 2.75) is 18.4 Å². The number of nitrogens with one attached hydrogen (secondary N) is 1. The Morgan fingerprint density at radius 1 is 1.03 bits per heavy atom. The number of benzene rings is 3. The Morgan fingerprint density at radius 3 is 2.38 bits per heavy atom. The zero-order chi connectivity index (χ0) is 24.9. The summed E-state index contributed by atoms with van der Waals surface area (Å²) in [5, 5.41) is 2.15. The van der Waals surface area contributed by atoms with Gasteiger partial charge in [0.25, 0.3) is 0 Å². The molecule has 0 aliphatic carbocycles. The van der Waals surface area contributed by atoms with Crippen molar-refractivity contribution in [1.82, 2.24) is 4.31 Å². The number of hydrogen-bond donors (Lipinski definition) is 1. The summed E-state index contributed by atoms with van der Waals surface area (Å²) in [6, 6.07) is 13.9. The number of halogens is 4. The first-order chi connectivity index (χ1) is 16.1. The largest absolute Gasteiger partial charge is 0.492 e. The number of amides is 1. The maximum atomic E-state index is 14.0. The van der Waals surface area contributed by atoms with Crippen LogP contribution < -0.4 is 10.1 Å². The van der Waals surface area contributed by atoms with Crippen LogP contribution in [0.25, 0.3) is 0 Å². The van der Waals surface area contributed by atoms with Crippen LogP contribution in [0.2, 0.25) is 5.02 Å². The Morgan fingerprint density at radius 2 is 1.74 bits per heavy atom. The average molecular weight is 513 g/mol. The molecule has 3 aromatic carbocycles. The van der Waals surface area contributed by atoms with Crippen molar-refractivity contribution in [3.8, 4) is 5.75 Å². The molecule has 0 aromatic heterocycles. The molecule has 0 radical (unpaired) electrons. The Kier molecular flexibility index (Phi) is 8.19. The first kappa shape index (κ1) is 25.5. The Bertz CT molecular complexity index is 1290. The molecule has 0 saturated carbocycles. The third-order valence-electron chi connectivity index (χ3n) is 4.67. The van der Waals surface area contributed by atoms with E-state index in [-0.39, 0.29) is 16.5 Å². The molecule has 0 atom stereocenters. The van der Waals surface area contributed by atoms with E-state index >= 15 is 0 Å². The van der Waals surface area contributed by atoms with Crippen LogP contribution in [0.5, 0.6) is 5.75 Å². The summed E-state index contributed by atoms with van der Waals surface area (Å²) in [7, 11) is -4.26. The highest BCUT2D eigenvalue weighted by Gasteiger charge is 2.28. The molecule has 180 valence electrons. The molecule has 0 aliphatic heterocycles. The first-order valence-corrected chi connectivity index (χ1v) is 11.8. The molecule has 11 heteroatoms. The van der Waals surface area contributed by atoms with Crippen molar-refractivity contribution in [3.63, 3.8) is 0 Å². The molecule has 0 aliphatic rings. The second kappa shape index (κ2) is 10.9. The van der Waals surface area contributed by atoms with Gasteiger partial charge in [-0.25, -0.2) is 21.6 Å². The van der Waals surface area contributed by atoms with E-state index < -0.39 is 45.6 Å². The standard InChI is InChI=1S/C23H20ClF3N2O4S/c1-2-33-20-11-8-16(12-17(20)24)34(31,32)29(13-15-6-4-3-5-7-15)14-21(30)28-19-10-9-18(25)22(26)23(19)27/h3-12H,2,13-14H2,1H3,(H,28,30). The Balaban J connectivity index is 1.91. The van der Waals surface area contributed by atoms with Gasteiger partial charge in [0.1, 0.15) is 5.75 Å². The van der Waals surface area contributed by atoms with E-state index in [4.69, 9.17) is 16.3 Å². The molecule has 1 amide bonds. The van der Waals surface area contributed by atoms with Crippen molar-refractivity contribution >= 4 is 33.2 Å². The van der Waals surface area contributed by atoms with Crippen LogP contribution in [-0.4, -0.2) is 31.8 Å². The fourth-order valence-corrected chi connectivity index (χ4v) is 4.76. The van der Waals surface area contributed by atoms with Crippen LogP contribution in [0.1, 0.15) is 12.5 Å². The zero-order valence-corrected chi connectivity index (χ0v) is 19.5. The van der Waals surface area contributed by atoms with Gasteiger partial charge in [-0.15, -0.1) is 0 Å². The lowest BCUT2D eigenvalue weighted by molar-refractivity contribution is -0.116.